The summed E-state index contributed by atoms with van der Waals surface area (Å²) in [5, 5.41) is 2.93. The highest BCUT2D eigenvalue weighted by Crippen LogP contribution is 2.24. The van der Waals surface area contributed by atoms with Crippen molar-refractivity contribution in [3.8, 4) is 0 Å². The summed E-state index contributed by atoms with van der Waals surface area (Å²) < 4.78 is 5.55. The molecule has 1 aromatic carbocycles. The quantitative estimate of drug-likeness (QED) is 0.835. The van der Waals surface area contributed by atoms with Gasteiger partial charge in [-0.15, -0.1) is 0 Å². The van der Waals surface area contributed by atoms with Gasteiger partial charge in [-0.2, -0.15) is 0 Å². The number of piperidine rings is 1. The van der Waals surface area contributed by atoms with Crippen LogP contribution >= 0.6 is 0 Å². The SMILES string of the molecule is O=C(NCC1CCCO1)c1cc(N2CCC(Cc3ccccc3)CC2)ncn1. The molecule has 0 radical (unpaired) electrons. The molecular weight excluding hydrogens is 352 g/mol. The van der Waals surface area contributed by atoms with Crippen LogP contribution in [0, 0.1) is 5.92 Å². The largest absolute Gasteiger partial charge is 0.376 e. The number of benzene rings is 1. The standard InChI is InChI=1S/C22H28N4O2/c27-22(23-15-19-7-4-12-28-19)20-14-21(25-16-24-20)26-10-8-18(9-11-26)13-17-5-2-1-3-6-17/h1-3,5-6,14,16,18-19H,4,7-13,15H2,(H,23,27). The third kappa shape index (κ3) is 4.87. The van der Waals surface area contributed by atoms with E-state index in [-0.39, 0.29) is 12.0 Å². The number of aromatic nitrogens is 2. The van der Waals surface area contributed by atoms with Gasteiger partial charge in [0.25, 0.3) is 5.91 Å². The van der Waals surface area contributed by atoms with Gasteiger partial charge in [-0.25, -0.2) is 9.97 Å². The highest BCUT2D eigenvalue weighted by Gasteiger charge is 2.22. The predicted octanol–water partition coefficient (Wildman–Crippen LogP) is 2.84. The topological polar surface area (TPSA) is 67.3 Å². The molecule has 2 aromatic rings. The van der Waals surface area contributed by atoms with E-state index < -0.39 is 0 Å². The van der Waals surface area contributed by atoms with Crippen LogP contribution in [-0.2, 0) is 11.2 Å². The van der Waals surface area contributed by atoms with Gasteiger partial charge >= 0.3 is 0 Å². The summed E-state index contributed by atoms with van der Waals surface area (Å²) in [5.74, 6) is 1.39. The van der Waals surface area contributed by atoms with Crippen molar-refractivity contribution in [1.82, 2.24) is 15.3 Å². The molecule has 1 N–H and O–H groups in total. The van der Waals surface area contributed by atoms with Gasteiger partial charge < -0.3 is 15.0 Å². The molecular formula is C22H28N4O2. The van der Waals surface area contributed by atoms with Gasteiger partial charge in [0.15, 0.2) is 0 Å². The zero-order valence-corrected chi connectivity index (χ0v) is 16.2. The summed E-state index contributed by atoms with van der Waals surface area (Å²) in [4.78, 5) is 23.2. The lowest BCUT2D eigenvalue weighted by Crippen LogP contribution is -2.35. The Balaban J connectivity index is 1.30. The van der Waals surface area contributed by atoms with Gasteiger partial charge in [0.2, 0.25) is 0 Å². The molecule has 1 atom stereocenters. The lowest BCUT2D eigenvalue weighted by Gasteiger charge is -2.33. The number of amides is 1. The monoisotopic (exact) mass is 380 g/mol. The van der Waals surface area contributed by atoms with E-state index in [1.165, 1.54) is 11.9 Å². The predicted molar refractivity (Wildman–Crippen MR) is 108 cm³/mol. The zero-order valence-electron chi connectivity index (χ0n) is 16.2. The molecule has 6 nitrogen and oxygen atoms in total. The van der Waals surface area contributed by atoms with Crippen LogP contribution in [0.15, 0.2) is 42.7 Å². The van der Waals surface area contributed by atoms with Gasteiger partial charge in [-0.3, -0.25) is 4.79 Å². The molecule has 2 aliphatic heterocycles. The Bertz CT molecular complexity index is 769. The number of anilines is 1. The highest BCUT2D eigenvalue weighted by molar-refractivity contribution is 5.92. The van der Waals surface area contributed by atoms with E-state index in [0.29, 0.717) is 18.2 Å². The van der Waals surface area contributed by atoms with Crippen LogP contribution in [0.25, 0.3) is 0 Å². The average Bonchev–Trinajstić information content (AvgIpc) is 3.27. The maximum Gasteiger partial charge on any atom is 0.270 e. The molecule has 0 saturated carbocycles. The van der Waals surface area contributed by atoms with Crippen LogP contribution in [0.2, 0.25) is 0 Å². The first-order chi connectivity index (χ1) is 13.8. The Kier molecular flexibility index (Phi) is 6.17. The van der Waals surface area contributed by atoms with E-state index in [1.807, 2.05) is 6.07 Å². The van der Waals surface area contributed by atoms with Crippen LogP contribution in [-0.4, -0.2) is 48.2 Å². The second-order valence-electron chi connectivity index (χ2n) is 7.73. The van der Waals surface area contributed by atoms with Crippen LogP contribution in [0.1, 0.15) is 41.7 Å². The second-order valence-corrected chi connectivity index (χ2v) is 7.73. The Morgan fingerprint density at radius 3 is 2.71 bits per heavy atom. The molecule has 4 rings (SSSR count). The summed E-state index contributed by atoms with van der Waals surface area (Å²) in [7, 11) is 0. The molecule has 6 heteroatoms. The molecule has 28 heavy (non-hydrogen) atoms. The smallest absolute Gasteiger partial charge is 0.270 e. The van der Waals surface area contributed by atoms with Crippen molar-refractivity contribution in [3.63, 3.8) is 0 Å². The lowest BCUT2D eigenvalue weighted by molar-refractivity contribution is 0.0853. The normalized spacial score (nSPS) is 20.3. The molecule has 2 saturated heterocycles. The van der Waals surface area contributed by atoms with E-state index in [0.717, 1.165) is 57.6 Å². The van der Waals surface area contributed by atoms with Gasteiger partial charge in [0.05, 0.1) is 6.10 Å². The van der Waals surface area contributed by atoms with Crippen molar-refractivity contribution >= 4 is 11.7 Å². The summed E-state index contributed by atoms with van der Waals surface area (Å²) >= 11 is 0. The summed E-state index contributed by atoms with van der Waals surface area (Å²) in [6.07, 6.45) is 7.11. The number of hydrogen-bond donors (Lipinski definition) is 1. The van der Waals surface area contributed by atoms with Crippen LogP contribution in [0.5, 0.6) is 0 Å². The van der Waals surface area contributed by atoms with Crippen molar-refractivity contribution in [2.45, 2.75) is 38.2 Å². The van der Waals surface area contributed by atoms with E-state index >= 15 is 0 Å². The van der Waals surface area contributed by atoms with E-state index in [4.69, 9.17) is 4.74 Å². The first-order valence-electron chi connectivity index (χ1n) is 10.3. The van der Waals surface area contributed by atoms with Crippen LogP contribution in [0.4, 0.5) is 5.82 Å². The third-order valence-corrected chi connectivity index (χ3v) is 5.71. The first-order valence-corrected chi connectivity index (χ1v) is 10.3. The number of carbonyl (C=O) groups is 1. The maximum atomic E-state index is 12.4. The molecule has 0 aliphatic carbocycles. The summed E-state index contributed by atoms with van der Waals surface area (Å²) in [6.45, 7) is 3.26. The lowest BCUT2D eigenvalue weighted by atomic mass is 9.90. The molecule has 2 fully saturated rings. The Hall–Kier alpha value is -2.47. The van der Waals surface area contributed by atoms with Gasteiger partial charge in [-0.05, 0) is 43.6 Å². The van der Waals surface area contributed by atoms with Crippen molar-refractivity contribution in [1.29, 1.82) is 0 Å². The fourth-order valence-electron chi connectivity index (χ4n) is 4.06. The second kappa shape index (κ2) is 9.15. The van der Waals surface area contributed by atoms with Crippen LogP contribution < -0.4 is 10.2 Å². The number of nitrogens with zero attached hydrogens (tertiary/aromatic N) is 3. The number of ether oxygens (including phenoxy) is 1. The number of carbonyl (C=O) groups excluding carboxylic acids is 1. The molecule has 2 aliphatic rings. The van der Waals surface area contributed by atoms with E-state index in [1.54, 1.807) is 0 Å². The van der Waals surface area contributed by atoms with Gasteiger partial charge in [0, 0.05) is 32.3 Å². The highest BCUT2D eigenvalue weighted by atomic mass is 16.5. The minimum absolute atomic E-state index is 0.133. The third-order valence-electron chi connectivity index (χ3n) is 5.71. The van der Waals surface area contributed by atoms with Crippen molar-refractivity contribution in [2.24, 2.45) is 5.92 Å². The molecule has 1 unspecified atom stereocenters. The molecule has 0 spiro atoms. The Morgan fingerprint density at radius 2 is 1.96 bits per heavy atom. The van der Waals surface area contributed by atoms with Gasteiger partial charge in [0.1, 0.15) is 17.8 Å². The van der Waals surface area contributed by atoms with Crippen molar-refractivity contribution < 1.29 is 9.53 Å². The minimum Gasteiger partial charge on any atom is -0.376 e. The number of rotatable bonds is 6. The van der Waals surface area contributed by atoms with E-state index in [9.17, 15) is 4.79 Å². The summed E-state index contributed by atoms with van der Waals surface area (Å²) in [5.41, 5.74) is 1.84. The Morgan fingerprint density at radius 1 is 1.14 bits per heavy atom. The molecule has 3 heterocycles. The number of hydrogen-bond acceptors (Lipinski definition) is 5. The van der Waals surface area contributed by atoms with E-state index in [2.05, 4.69) is 50.5 Å². The fraction of sp³-hybridized carbons (Fsp3) is 0.500. The first kappa shape index (κ1) is 18.9. The Labute approximate surface area is 166 Å². The molecule has 148 valence electrons. The van der Waals surface area contributed by atoms with Gasteiger partial charge in [-0.1, -0.05) is 30.3 Å². The van der Waals surface area contributed by atoms with Crippen molar-refractivity contribution in [2.75, 3.05) is 31.1 Å². The van der Waals surface area contributed by atoms with Crippen LogP contribution in [0.3, 0.4) is 0 Å². The maximum absolute atomic E-state index is 12.4. The fourth-order valence-corrected chi connectivity index (χ4v) is 4.06. The zero-order chi connectivity index (χ0) is 19.2. The minimum atomic E-state index is -0.155. The molecule has 1 aromatic heterocycles. The number of nitrogens with one attached hydrogen (secondary N) is 1. The summed E-state index contributed by atoms with van der Waals surface area (Å²) in [6, 6.07) is 12.5. The average molecular weight is 380 g/mol. The molecule has 1 amide bonds. The molecule has 0 bridgehead atoms. The van der Waals surface area contributed by atoms with Crippen molar-refractivity contribution in [3.05, 3.63) is 54.0 Å².